The van der Waals surface area contributed by atoms with Gasteiger partial charge in [-0.1, -0.05) is 37.7 Å². The summed E-state index contributed by atoms with van der Waals surface area (Å²) < 4.78 is 0. The molecule has 0 aliphatic carbocycles. The number of carbonyl (C=O) groups excluding carboxylic acids is 1. The van der Waals surface area contributed by atoms with Crippen molar-refractivity contribution < 1.29 is 4.79 Å². The molecule has 0 spiro atoms. The Bertz CT molecular complexity index is 865. The van der Waals surface area contributed by atoms with Crippen LogP contribution in [0.3, 0.4) is 0 Å². The van der Waals surface area contributed by atoms with Gasteiger partial charge in [0.05, 0.1) is 17.0 Å². The summed E-state index contributed by atoms with van der Waals surface area (Å²) in [6.07, 6.45) is 2.78. The third-order valence-electron chi connectivity index (χ3n) is 4.62. The van der Waals surface area contributed by atoms with Gasteiger partial charge in [0.2, 0.25) is 5.91 Å². The van der Waals surface area contributed by atoms with Gasteiger partial charge in [-0.05, 0) is 37.1 Å². The van der Waals surface area contributed by atoms with E-state index in [2.05, 4.69) is 34.0 Å². The molecule has 1 aromatic carbocycles. The molecule has 0 saturated carbocycles. The lowest BCUT2D eigenvalue weighted by atomic mass is 10.1. The van der Waals surface area contributed by atoms with Gasteiger partial charge in [0.25, 0.3) is 5.56 Å². The topological polar surface area (TPSA) is 78.1 Å². The van der Waals surface area contributed by atoms with E-state index in [9.17, 15) is 9.59 Å². The Morgan fingerprint density at radius 2 is 2.22 bits per heavy atom. The van der Waals surface area contributed by atoms with Crippen molar-refractivity contribution in [2.24, 2.45) is 0 Å². The van der Waals surface area contributed by atoms with Crippen LogP contribution in [0, 0.1) is 0 Å². The van der Waals surface area contributed by atoms with E-state index in [4.69, 9.17) is 0 Å². The van der Waals surface area contributed by atoms with E-state index < -0.39 is 0 Å². The number of H-pyrrole nitrogens is 1. The Hall–Kier alpha value is -2.12. The van der Waals surface area contributed by atoms with E-state index in [1.807, 2.05) is 24.3 Å². The molecule has 2 heterocycles. The number of nitrogens with one attached hydrogen (secondary N) is 2. The molecule has 144 valence electrons. The SMILES string of the molecule is CCCN1CCc2nc(SCC(=O)Nc3cccc(CC)c3)[nH]c(=O)c2C1. The number of hydrogen-bond acceptors (Lipinski definition) is 5. The van der Waals surface area contributed by atoms with E-state index in [0.717, 1.165) is 49.3 Å². The van der Waals surface area contributed by atoms with Crippen LogP contribution in [0.4, 0.5) is 5.69 Å². The summed E-state index contributed by atoms with van der Waals surface area (Å²) in [7, 11) is 0. The van der Waals surface area contributed by atoms with Crippen molar-refractivity contribution in [3.63, 3.8) is 0 Å². The summed E-state index contributed by atoms with van der Waals surface area (Å²) in [6, 6.07) is 7.83. The van der Waals surface area contributed by atoms with Crippen molar-refractivity contribution in [3.05, 3.63) is 51.4 Å². The molecule has 3 rings (SSSR count). The van der Waals surface area contributed by atoms with Gasteiger partial charge in [-0.2, -0.15) is 0 Å². The van der Waals surface area contributed by atoms with Gasteiger partial charge in [0, 0.05) is 25.2 Å². The normalized spacial score (nSPS) is 14.0. The first-order chi connectivity index (χ1) is 13.1. The van der Waals surface area contributed by atoms with Gasteiger partial charge in [0.15, 0.2) is 5.16 Å². The van der Waals surface area contributed by atoms with E-state index >= 15 is 0 Å². The smallest absolute Gasteiger partial charge is 0.256 e. The number of carbonyl (C=O) groups is 1. The number of aromatic nitrogens is 2. The van der Waals surface area contributed by atoms with Crippen molar-refractivity contribution in [3.8, 4) is 0 Å². The summed E-state index contributed by atoms with van der Waals surface area (Å²) in [5, 5.41) is 3.41. The van der Waals surface area contributed by atoms with E-state index in [1.165, 1.54) is 17.3 Å². The van der Waals surface area contributed by atoms with Crippen LogP contribution in [0.25, 0.3) is 0 Å². The minimum absolute atomic E-state index is 0.0839. The minimum atomic E-state index is -0.109. The fourth-order valence-corrected chi connectivity index (χ4v) is 3.91. The zero-order valence-corrected chi connectivity index (χ0v) is 16.7. The quantitative estimate of drug-likeness (QED) is 0.565. The first-order valence-electron chi connectivity index (χ1n) is 9.45. The molecule has 0 atom stereocenters. The molecule has 0 bridgehead atoms. The molecule has 1 aromatic heterocycles. The lowest BCUT2D eigenvalue weighted by Gasteiger charge is -2.27. The summed E-state index contributed by atoms with van der Waals surface area (Å²) in [5.41, 5.74) is 3.52. The van der Waals surface area contributed by atoms with Gasteiger partial charge in [-0.3, -0.25) is 14.5 Å². The highest BCUT2D eigenvalue weighted by molar-refractivity contribution is 7.99. The zero-order valence-electron chi connectivity index (χ0n) is 15.9. The molecule has 2 N–H and O–H groups in total. The first-order valence-corrected chi connectivity index (χ1v) is 10.4. The molecule has 2 aromatic rings. The number of benzene rings is 1. The highest BCUT2D eigenvalue weighted by atomic mass is 32.2. The van der Waals surface area contributed by atoms with E-state index in [1.54, 1.807) is 0 Å². The maximum Gasteiger partial charge on any atom is 0.256 e. The zero-order chi connectivity index (χ0) is 19.2. The van der Waals surface area contributed by atoms with Crippen LogP contribution in [0.1, 0.15) is 37.1 Å². The number of thioether (sulfide) groups is 1. The number of aryl methyl sites for hydroxylation is 1. The van der Waals surface area contributed by atoms with Gasteiger partial charge in [-0.25, -0.2) is 4.98 Å². The largest absolute Gasteiger partial charge is 0.325 e. The van der Waals surface area contributed by atoms with Gasteiger partial charge in [0.1, 0.15) is 0 Å². The lowest BCUT2D eigenvalue weighted by Crippen LogP contribution is -2.36. The van der Waals surface area contributed by atoms with Crippen LogP contribution in [-0.2, 0) is 24.2 Å². The van der Waals surface area contributed by atoms with Crippen molar-refractivity contribution in [1.82, 2.24) is 14.9 Å². The van der Waals surface area contributed by atoms with Crippen LogP contribution >= 0.6 is 11.8 Å². The van der Waals surface area contributed by atoms with Crippen LogP contribution in [0.5, 0.6) is 0 Å². The predicted octanol–water partition coefficient (Wildman–Crippen LogP) is 2.83. The van der Waals surface area contributed by atoms with E-state index in [0.29, 0.717) is 11.7 Å². The molecule has 6 nitrogen and oxygen atoms in total. The summed E-state index contributed by atoms with van der Waals surface area (Å²) in [5.74, 6) is 0.0998. The summed E-state index contributed by atoms with van der Waals surface area (Å²) in [6.45, 7) is 6.80. The predicted molar refractivity (Wildman–Crippen MR) is 109 cm³/mol. The third kappa shape index (κ3) is 5.20. The first kappa shape index (κ1) is 19.6. The maximum absolute atomic E-state index is 12.4. The van der Waals surface area contributed by atoms with E-state index in [-0.39, 0.29) is 17.2 Å². The van der Waals surface area contributed by atoms with Crippen molar-refractivity contribution in [2.75, 3.05) is 24.2 Å². The second kappa shape index (κ2) is 9.19. The Morgan fingerprint density at radius 1 is 1.37 bits per heavy atom. The van der Waals surface area contributed by atoms with Crippen LogP contribution in [0.15, 0.2) is 34.2 Å². The average molecular weight is 387 g/mol. The number of rotatable bonds is 7. The fourth-order valence-electron chi connectivity index (χ4n) is 3.23. The molecule has 1 aliphatic rings. The summed E-state index contributed by atoms with van der Waals surface area (Å²) in [4.78, 5) is 34.3. The highest BCUT2D eigenvalue weighted by Crippen LogP contribution is 2.18. The monoisotopic (exact) mass is 386 g/mol. The number of anilines is 1. The molecule has 0 fully saturated rings. The minimum Gasteiger partial charge on any atom is -0.325 e. The Labute approximate surface area is 163 Å². The number of fused-ring (bicyclic) bond motifs is 1. The number of nitrogens with zero attached hydrogens (tertiary/aromatic N) is 2. The number of aromatic amines is 1. The maximum atomic E-state index is 12.4. The summed E-state index contributed by atoms with van der Waals surface area (Å²) >= 11 is 1.26. The second-order valence-electron chi connectivity index (χ2n) is 6.71. The molecule has 1 aliphatic heterocycles. The standard InChI is InChI=1S/C20H26N4O2S/c1-3-9-24-10-8-17-16(12-24)19(26)23-20(22-17)27-13-18(25)21-15-7-5-6-14(4-2)11-15/h5-7,11H,3-4,8-10,12-13H2,1-2H3,(H,21,25)(H,22,23,26). The molecule has 27 heavy (non-hydrogen) atoms. The molecule has 1 amide bonds. The van der Waals surface area contributed by atoms with Crippen molar-refractivity contribution in [2.45, 2.75) is 44.8 Å². The Kier molecular flexibility index (Phi) is 6.68. The highest BCUT2D eigenvalue weighted by Gasteiger charge is 2.20. The fraction of sp³-hybridized carbons (Fsp3) is 0.450. The molecule has 0 saturated heterocycles. The third-order valence-corrected chi connectivity index (χ3v) is 5.50. The molecular formula is C20H26N4O2S. The van der Waals surface area contributed by atoms with Crippen LogP contribution in [-0.4, -0.2) is 39.6 Å². The molecule has 0 unspecified atom stereocenters. The molecular weight excluding hydrogens is 360 g/mol. The number of hydrogen-bond donors (Lipinski definition) is 2. The van der Waals surface area contributed by atoms with Crippen molar-refractivity contribution >= 4 is 23.4 Å². The van der Waals surface area contributed by atoms with Crippen LogP contribution in [0.2, 0.25) is 0 Å². The Balaban J connectivity index is 1.60. The average Bonchev–Trinajstić information content (AvgIpc) is 2.67. The van der Waals surface area contributed by atoms with Crippen molar-refractivity contribution in [1.29, 1.82) is 0 Å². The number of amides is 1. The van der Waals surface area contributed by atoms with Gasteiger partial charge >= 0.3 is 0 Å². The molecule has 0 radical (unpaired) electrons. The molecule has 7 heteroatoms. The van der Waals surface area contributed by atoms with Crippen LogP contribution < -0.4 is 10.9 Å². The van der Waals surface area contributed by atoms with Gasteiger partial charge < -0.3 is 10.3 Å². The second-order valence-corrected chi connectivity index (χ2v) is 7.68. The lowest BCUT2D eigenvalue weighted by molar-refractivity contribution is -0.113. The Morgan fingerprint density at radius 3 is 3.00 bits per heavy atom. The van der Waals surface area contributed by atoms with Gasteiger partial charge in [-0.15, -0.1) is 0 Å².